The molecule has 2 unspecified atom stereocenters. The highest BCUT2D eigenvalue weighted by molar-refractivity contribution is 5.69. The molecule has 1 saturated heterocycles. The molecular weight excluding hydrogens is 212 g/mol. The van der Waals surface area contributed by atoms with Crippen LogP contribution < -0.4 is 16.8 Å². The Morgan fingerprint density at radius 1 is 1.29 bits per heavy atom. The number of anilines is 3. The molecule has 4 nitrogen and oxygen atoms in total. The van der Waals surface area contributed by atoms with Crippen LogP contribution in [-0.4, -0.2) is 31.1 Å². The van der Waals surface area contributed by atoms with E-state index in [1.807, 2.05) is 18.2 Å². The third-order valence-electron chi connectivity index (χ3n) is 3.55. The van der Waals surface area contributed by atoms with Gasteiger partial charge in [-0.15, -0.1) is 0 Å². The standard InChI is InChI=1S/C13H22N4/c1-9-8-17(2)6-5-13(9)16-10-3-4-11(14)12(15)7-10/h3-4,7,9,13,16H,5-6,8,14-15H2,1-2H3. The molecule has 17 heavy (non-hydrogen) atoms. The van der Waals surface area contributed by atoms with Gasteiger partial charge in [-0.1, -0.05) is 6.92 Å². The van der Waals surface area contributed by atoms with Gasteiger partial charge in [-0.2, -0.15) is 0 Å². The Morgan fingerprint density at radius 3 is 2.71 bits per heavy atom. The van der Waals surface area contributed by atoms with Crippen molar-refractivity contribution in [2.24, 2.45) is 5.92 Å². The fourth-order valence-corrected chi connectivity index (χ4v) is 2.45. The van der Waals surface area contributed by atoms with Crippen molar-refractivity contribution in [1.29, 1.82) is 0 Å². The maximum absolute atomic E-state index is 5.81. The van der Waals surface area contributed by atoms with E-state index in [-0.39, 0.29) is 0 Å². The first kappa shape index (κ1) is 12.0. The summed E-state index contributed by atoms with van der Waals surface area (Å²) in [6.45, 7) is 4.57. The van der Waals surface area contributed by atoms with Crippen molar-refractivity contribution in [3.8, 4) is 0 Å². The molecule has 2 rings (SSSR count). The van der Waals surface area contributed by atoms with Gasteiger partial charge in [0, 0.05) is 18.3 Å². The largest absolute Gasteiger partial charge is 0.397 e. The lowest BCUT2D eigenvalue weighted by Crippen LogP contribution is -2.43. The molecule has 1 fully saturated rings. The van der Waals surface area contributed by atoms with Gasteiger partial charge in [-0.05, 0) is 44.1 Å². The van der Waals surface area contributed by atoms with E-state index in [4.69, 9.17) is 11.5 Å². The molecule has 0 aromatic heterocycles. The SMILES string of the molecule is CC1CN(C)CCC1Nc1ccc(N)c(N)c1. The second kappa shape index (κ2) is 4.84. The summed E-state index contributed by atoms with van der Waals surface area (Å²) in [5.41, 5.74) is 13.9. The van der Waals surface area contributed by atoms with Crippen molar-refractivity contribution in [1.82, 2.24) is 4.90 Å². The van der Waals surface area contributed by atoms with Gasteiger partial charge in [0.1, 0.15) is 0 Å². The number of benzene rings is 1. The molecule has 0 amide bonds. The molecule has 0 saturated carbocycles. The minimum Gasteiger partial charge on any atom is -0.397 e. The summed E-state index contributed by atoms with van der Waals surface area (Å²) in [5.74, 6) is 0.646. The molecule has 5 N–H and O–H groups in total. The van der Waals surface area contributed by atoms with Gasteiger partial charge in [-0.25, -0.2) is 0 Å². The van der Waals surface area contributed by atoms with Crippen LogP contribution in [0.3, 0.4) is 0 Å². The number of nitrogen functional groups attached to an aromatic ring is 2. The summed E-state index contributed by atoms with van der Waals surface area (Å²) in [6.07, 6.45) is 1.17. The number of nitrogens with zero attached hydrogens (tertiary/aromatic N) is 1. The number of hydrogen-bond donors (Lipinski definition) is 3. The van der Waals surface area contributed by atoms with E-state index in [2.05, 4.69) is 24.2 Å². The Bertz CT molecular complexity index is 391. The van der Waals surface area contributed by atoms with Crippen LogP contribution in [0.15, 0.2) is 18.2 Å². The fourth-order valence-electron chi connectivity index (χ4n) is 2.45. The quantitative estimate of drug-likeness (QED) is 0.680. The molecule has 2 atom stereocenters. The molecule has 0 aliphatic carbocycles. The molecule has 0 bridgehead atoms. The molecule has 0 spiro atoms. The lowest BCUT2D eigenvalue weighted by atomic mass is 9.94. The minimum absolute atomic E-state index is 0.522. The number of likely N-dealkylation sites (tertiary alicyclic amines) is 1. The fraction of sp³-hybridized carbons (Fsp3) is 0.538. The first-order valence-corrected chi connectivity index (χ1v) is 6.16. The zero-order valence-corrected chi connectivity index (χ0v) is 10.6. The van der Waals surface area contributed by atoms with Crippen LogP contribution in [0, 0.1) is 5.92 Å². The summed E-state index contributed by atoms with van der Waals surface area (Å²) in [7, 11) is 2.17. The van der Waals surface area contributed by atoms with Crippen LogP contribution >= 0.6 is 0 Å². The van der Waals surface area contributed by atoms with Gasteiger partial charge < -0.3 is 21.7 Å². The monoisotopic (exact) mass is 234 g/mol. The van der Waals surface area contributed by atoms with Crippen molar-refractivity contribution in [3.05, 3.63) is 18.2 Å². The molecule has 1 aliphatic rings. The maximum atomic E-state index is 5.81. The summed E-state index contributed by atoms with van der Waals surface area (Å²) >= 11 is 0. The number of piperidine rings is 1. The van der Waals surface area contributed by atoms with Crippen LogP contribution in [0.1, 0.15) is 13.3 Å². The van der Waals surface area contributed by atoms with Gasteiger partial charge in [0.15, 0.2) is 0 Å². The second-order valence-electron chi connectivity index (χ2n) is 5.12. The van der Waals surface area contributed by atoms with Gasteiger partial charge in [0.05, 0.1) is 11.4 Å². The predicted octanol–water partition coefficient (Wildman–Crippen LogP) is 1.60. The number of rotatable bonds is 2. The van der Waals surface area contributed by atoms with Crippen molar-refractivity contribution in [3.63, 3.8) is 0 Å². The zero-order chi connectivity index (χ0) is 12.4. The lowest BCUT2D eigenvalue weighted by molar-refractivity contribution is 0.206. The van der Waals surface area contributed by atoms with E-state index in [9.17, 15) is 0 Å². The van der Waals surface area contributed by atoms with Crippen molar-refractivity contribution in [2.45, 2.75) is 19.4 Å². The molecule has 1 aromatic rings. The molecular formula is C13H22N4. The van der Waals surface area contributed by atoms with Gasteiger partial charge in [-0.3, -0.25) is 0 Å². The second-order valence-corrected chi connectivity index (χ2v) is 5.12. The molecule has 1 aliphatic heterocycles. The van der Waals surface area contributed by atoms with Crippen molar-refractivity contribution in [2.75, 3.05) is 36.9 Å². The first-order valence-electron chi connectivity index (χ1n) is 6.16. The number of hydrogen-bond acceptors (Lipinski definition) is 4. The zero-order valence-electron chi connectivity index (χ0n) is 10.6. The van der Waals surface area contributed by atoms with Crippen molar-refractivity contribution >= 4 is 17.1 Å². The normalized spacial score (nSPS) is 25.8. The average molecular weight is 234 g/mol. The Kier molecular flexibility index (Phi) is 3.43. The number of nitrogens with two attached hydrogens (primary N) is 2. The highest BCUT2D eigenvalue weighted by Gasteiger charge is 2.23. The minimum atomic E-state index is 0.522. The molecule has 0 radical (unpaired) electrons. The van der Waals surface area contributed by atoms with Crippen LogP contribution in [-0.2, 0) is 0 Å². The van der Waals surface area contributed by atoms with Crippen molar-refractivity contribution < 1.29 is 0 Å². The van der Waals surface area contributed by atoms with Gasteiger partial charge in [0.2, 0.25) is 0 Å². The Morgan fingerprint density at radius 2 is 2.06 bits per heavy atom. The third-order valence-corrected chi connectivity index (χ3v) is 3.55. The summed E-state index contributed by atoms with van der Waals surface area (Å²) in [5, 5.41) is 3.56. The third kappa shape index (κ3) is 2.82. The first-order chi connectivity index (χ1) is 8.06. The predicted molar refractivity (Wildman–Crippen MR) is 74.0 cm³/mol. The Hall–Kier alpha value is -1.42. The van der Waals surface area contributed by atoms with E-state index in [0.29, 0.717) is 23.3 Å². The highest BCUT2D eigenvalue weighted by atomic mass is 15.1. The van der Waals surface area contributed by atoms with Gasteiger partial charge >= 0.3 is 0 Å². The highest BCUT2D eigenvalue weighted by Crippen LogP contribution is 2.24. The summed E-state index contributed by atoms with van der Waals surface area (Å²) < 4.78 is 0. The van der Waals surface area contributed by atoms with Gasteiger partial charge in [0.25, 0.3) is 0 Å². The Labute approximate surface area is 103 Å². The summed E-state index contributed by atoms with van der Waals surface area (Å²) in [6, 6.07) is 6.29. The van der Waals surface area contributed by atoms with E-state index < -0.39 is 0 Å². The van der Waals surface area contributed by atoms with Crippen LogP contribution in [0.25, 0.3) is 0 Å². The molecule has 1 heterocycles. The van der Waals surface area contributed by atoms with E-state index >= 15 is 0 Å². The number of nitrogens with one attached hydrogen (secondary N) is 1. The van der Waals surface area contributed by atoms with E-state index in [0.717, 1.165) is 18.8 Å². The maximum Gasteiger partial charge on any atom is 0.0568 e. The van der Waals surface area contributed by atoms with Crippen LogP contribution in [0.4, 0.5) is 17.1 Å². The molecule has 1 aromatic carbocycles. The summed E-state index contributed by atoms with van der Waals surface area (Å²) in [4.78, 5) is 2.38. The smallest absolute Gasteiger partial charge is 0.0568 e. The van der Waals surface area contributed by atoms with Crippen LogP contribution in [0.2, 0.25) is 0 Å². The lowest BCUT2D eigenvalue weighted by Gasteiger charge is -2.35. The average Bonchev–Trinajstić information content (AvgIpc) is 2.27. The van der Waals surface area contributed by atoms with Crippen LogP contribution in [0.5, 0.6) is 0 Å². The van der Waals surface area contributed by atoms with E-state index in [1.54, 1.807) is 0 Å². The molecule has 94 valence electrons. The topological polar surface area (TPSA) is 67.3 Å². The Balaban J connectivity index is 2.02. The van der Waals surface area contributed by atoms with E-state index in [1.165, 1.54) is 6.42 Å². The molecule has 4 heteroatoms.